The average molecular weight is 199 g/mol. The maximum Gasteiger partial charge on any atom is 0.214 e. The third-order valence-electron chi connectivity index (χ3n) is 3.47. The van der Waals surface area contributed by atoms with Crippen LogP contribution in [-0.4, -0.2) is 0 Å². The lowest BCUT2D eigenvalue weighted by molar-refractivity contribution is -0.652. The SMILES string of the molecule is C[n+]1c2c(c(N)c3ccccc31)CCC2. The highest BCUT2D eigenvalue weighted by atomic mass is 14.9. The van der Waals surface area contributed by atoms with E-state index in [4.69, 9.17) is 5.73 Å². The molecule has 0 unspecified atom stereocenters. The van der Waals surface area contributed by atoms with Crippen LogP contribution in [-0.2, 0) is 19.9 Å². The van der Waals surface area contributed by atoms with E-state index in [0.29, 0.717) is 0 Å². The fourth-order valence-electron chi connectivity index (χ4n) is 2.69. The second-order valence-corrected chi connectivity index (χ2v) is 4.27. The van der Waals surface area contributed by atoms with Gasteiger partial charge in [-0.15, -0.1) is 0 Å². The lowest BCUT2D eigenvalue weighted by Gasteiger charge is -2.06. The molecule has 15 heavy (non-hydrogen) atoms. The Morgan fingerprint density at radius 2 is 2.00 bits per heavy atom. The molecule has 2 nitrogen and oxygen atoms in total. The minimum Gasteiger partial charge on any atom is -0.398 e. The number of anilines is 1. The minimum absolute atomic E-state index is 0.996. The van der Waals surface area contributed by atoms with E-state index in [0.717, 1.165) is 12.1 Å². The third-order valence-corrected chi connectivity index (χ3v) is 3.47. The van der Waals surface area contributed by atoms with Crippen molar-refractivity contribution < 1.29 is 4.57 Å². The average Bonchev–Trinajstić information content (AvgIpc) is 2.75. The second kappa shape index (κ2) is 2.96. The fourth-order valence-corrected chi connectivity index (χ4v) is 2.69. The molecule has 2 aromatic rings. The van der Waals surface area contributed by atoms with E-state index in [-0.39, 0.29) is 0 Å². The molecule has 0 spiro atoms. The summed E-state index contributed by atoms with van der Waals surface area (Å²) in [6.07, 6.45) is 3.55. The number of hydrogen-bond donors (Lipinski definition) is 1. The molecule has 3 rings (SSSR count). The lowest BCUT2D eigenvalue weighted by atomic mass is 10.1. The maximum atomic E-state index is 6.23. The van der Waals surface area contributed by atoms with Crippen molar-refractivity contribution in [1.82, 2.24) is 0 Å². The van der Waals surface area contributed by atoms with E-state index in [9.17, 15) is 0 Å². The van der Waals surface area contributed by atoms with Crippen molar-refractivity contribution in [3.05, 3.63) is 35.5 Å². The van der Waals surface area contributed by atoms with Crippen LogP contribution in [0.4, 0.5) is 5.69 Å². The van der Waals surface area contributed by atoms with E-state index < -0.39 is 0 Å². The molecule has 0 amide bonds. The Bertz CT molecular complexity index is 495. The van der Waals surface area contributed by atoms with Crippen LogP contribution < -0.4 is 10.3 Å². The zero-order valence-corrected chi connectivity index (χ0v) is 8.96. The fraction of sp³-hybridized carbons (Fsp3) is 0.308. The van der Waals surface area contributed by atoms with Crippen molar-refractivity contribution >= 4 is 16.6 Å². The summed E-state index contributed by atoms with van der Waals surface area (Å²) in [7, 11) is 2.14. The molecule has 0 bridgehead atoms. The maximum absolute atomic E-state index is 6.23. The first-order valence-corrected chi connectivity index (χ1v) is 5.47. The number of aryl methyl sites for hydroxylation is 1. The molecule has 1 aromatic carbocycles. The third kappa shape index (κ3) is 1.08. The van der Waals surface area contributed by atoms with Gasteiger partial charge in [0.25, 0.3) is 0 Å². The molecule has 0 saturated carbocycles. The standard InChI is InChI=1S/C13H14N2/c1-15-11-7-3-2-5-9(11)13(14)10-6-4-8-12(10)15/h2-3,5,7,14H,4,6,8H2,1H3/p+1. The van der Waals surface area contributed by atoms with Crippen LogP contribution in [0.3, 0.4) is 0 Å². The number of hydrogen-bond acceptors (Lipinski definition) is 1. The first-order valence-electron chi connectivity index (χ1n) is 5.47. The number of nitrogen functional groups attached to an aromatic ring is 1. The summed E-state index contributed by atoms with van der Waals surface area (Å²) < 4.78 is 2.30. The summed E-state index contributed by atoms with van der Waals surface area (Å²) in [5.41, 5.74) is 11.3. The van der Waals surface area contributed by atoms with Crippen LogP contribution in [0.5, 0.6) is 0 Å². The van der Waals surface area contributed by atoms with Gasteiger partial charge in [-0.1, -0.05) is 12.1 Å². The number of pyridine rings is 1. The predicted molar refractivity (Wildman–Crippen MR) is 61.6 cm³/mol. The van der Waals surface area contributed by atoms with Gasteiger partial charge in [-0.25, -0.2) is 0 Å². The zero-order valence-electron chi connectivity index (χ0n) is 8.96. The largest absolute Gasteiger partial charge is 0.398 e. The van der Waals surface area contributed by atoms with Crippen LogP contribution in [0.15, 0.2) is 24.3 Å². The monoisotopic (exact) mass is 199 g/mol. The number of aromatic nitrogens is 1. The van der Waals surface area contributed by atoms with Crippen LogP contribution >= 0.6 is 0 Å². The zero-order chi connectivity index (χ0) is 10.4. The molecule has 2 N–H and O–H groups in total. The molecule has 1 aromatic heterocycles. The number of fused-ring (bicyclic) bond motifs is 2. The molecular formula is C13H15N2+. The highest BCUT2D eigenvalue weighted by molar-refractivity contribution is 5.90. The molecule has 2 heteroatoms. The Labute approximate surface area is 89.3 Å². The number of rotatable bonds is 0. The Morgan fingerprint density at radius 3 is 2.87 bits per heavy atom. The van der Waals surface area contributed by atoms with Crippen LogP contribution in [0, 0.1) is 0 Å². The smallest absolute Gasteiger partial charge is 0.214 e. The first-order chi connectivity index (χ1) is 7.29. The Balaban J connectivity index is 2.51. The van der Waals surface area contributed by atoms with Gasteiger partial charge in [-0.05, 0) is 18.9 Å². The van der Waals surface area contributed by atoms with E-state index in [1.807, 2.05) is 0 Å². The van der Waals surface area contributed by atoms with E-state index in [2.05, 4.69) is 35.9 Å². The molecule has 0 atom stereocenters. The van der Waals surface area contributed by atoms with Gasteiger partial charge in [-0.2, -0.15) is 4.57 Å². The lowest BCUT2D eigenvalue weighted by Crippen LogP contribution is -2.35. The number of benzene rings is 1. The summed E-state index contributed by atoms with van der Waals surface area (Å²) in [6, 6.07) is 8.39. The predicted octanol–water partition coefficient (Wildman–Crippen LogP) is 1.74. The van der Waals surface area contributed by atoms with Crippen molar-refractivity contribution in [2.24, 2.45) is 7.05 Å². The van der Waals surface area contributed by atoms with Gasteiger partial charge in [0, 0.05) is 18.1 Å². The summed E-state index contributed by atoms with van der Waals surface area (Å²) in [5, 5.41) is 1.20. The molecule has 1 aliphatic rings. The highest BCUT2D eigenvalue weighted by Crippen LogP contribution is 2.30. The van der Waals surface area contributed by atoms with Gasteiger partial charge in [0.15, 0.2) is 5.69 Å². The number of nitrogens with two attached hydrogens (primary N) is 1. The van der Waals surface area contributed by atoms with Gasteiger partial charge in [0.1, 0.15) is 7.05 Å². The minimum atomic E-state index is 0.996. The number of para-hydroxylation sites is 1. The molecule has 0 aliphatic heterocycles. The molecule has 1 aliphatic carbocycles. The first kappa shape index (κ1) is 8.72. The second-order valence-electron chi connectivity index (χ2n) is 4.27. The van der Waals surface area contributed by atoms with Crippen molar-refractivity contribution in [3.8, 4) is 0 Å². The van der Waals surface area contributed by atoms with Crippen molar-refractivity contribution in [2.45, 2.75) is 19.3 Å². The van der Waals surface area contributed by atoms with E-state index >= 15 is 0 Å². The Morgan fingerprint density at radius 1 is 1.20 bits per heavy atom. The van der Waals surface area contributed by atoms with Crippen molar-refractivity contribution in [1.29, 1.82) is 0 Å². The van der Waals surface area contributed by atoms with E-state index in [1.165, 1.54) is 35.0 Å². The van der Waals surface area contributed by atoms with Gasteiger partial charge in [-0.3, -0.25) is 0 Å². The Kier molecular flexibility index (Phi) is 1.72. The molecule has 0 radical (unpaired) electrons. The van der Waals surface area contributed by atoms with Crippen LogP contribution in [0.2, 0.25) is 0 Å². The summed E-state index contributed by atoms with van der Waals surface area (Å²) in [6.45, 7) is 0. The van der Waals surface area contributed by atoms with Crippen molar-refractivity contribution in [2.75, 3.05) is 5.73 Å². The summed E-state index contributed by atoms with van der Waals surface area (Å²) in [4.78, 5) is 0. The van der Waals surface area contributed by atoms with Gasteiger partial charge < -0.3 is 5.73 Å². The van der Waals surface area contributed by atoms with Gasteiger partial charge >= 0.3 is 0 Å². The quantitative estimate of drug-likeness (QED) is 0.643. The topological polar surface area (TPSA) is 29.9 Å². The van der Waals surface area contributed by atoms with Crippen LogP contribution in [0.25, 0.3) is 10.9 Å². The highest BCUT2D eigenvalue weighted by Gasteiger charge is 2.25. The summed E-state index contributed by atoms with van der Waals surface area (Å²) >= 11 is 0. The molecule has 76 valence electrons. The van der Waals surface area contributed by atoms with Crippen molar-refractivity contribution in [3.63, 3.8) is 0 Å². The van der Waals surface area contributed by atoms with Crippen LogP contribution in [0.1, 0.15) is 17.7 Å². The Hall–Kier alpha value is -1.57. The molecule has 0 fully saturated rings. The van der Waals surface area contributed by atoms with Gasteiger partial charge in [0.05, 0.1) is 11.1 Å². The molecule has 0 saturated heterocycles. The number of nitrogens with zero attached hydrogens (tertiary/aromatic N) is 1. The van der Waals surface area contributed by atoms with Gasteiger partial charge in [0.2, 0.25) is 5.52 Å². The molecular weight excluding hydrogens is 184 g/mol. The van der Waals surface area contributed by atoms with E-state index in [1.54, 1.807) is 0 Å². The normalized spacial score (nSPS) is 14.5. The summed E-state index contributed by atoms with van der Waals surface area (Å²) in [5.74, 6) is 0. The molecule has 1 heterocycles.